The summed E-state index contributed by atoms with van der Waals surface area (Å²) < 4.78 is 10.7. The minimum Gasteiger partial charge on any atom is -0.495 e. The van der Waals surface area contributed by atoms with Crippen molar-refractivity contribution >= 4 is 11.7 Å². The van der Waals surface area contributed by atoms with Crippen molar-refractivity contribution in [3.8, 4) is 5.75 Å². The van der Waals surface area contributed by atoms with E-state index in [0.29, 0.717) is 18.0 Å². The van der Waals surface area contributed by atoms with Crippen molar-refractivity contribution in [3.63, 3.8) is 0 Å². The normalized spacial score (nSPS) is 18.6. The number of nitrogens with one attached hydrogen (secondary N) is 1. The zero-order chi connectivity index (χ0) is 13.0. The van der Waals surface area contributed by atoms with Crippen LogP contribution in [0.4, 0.5) is 5.69 Å². The highest BCUT2D eigenvalue weighted by molar-refractivity contribution is 5.89. The summed E-state index contributed by atoms with van der Waals surface area (Å²) in [5.41, 5.74) is 0.929. The molecule has 1 atom stereocenters. The minimum absolute atomic E-state index is 0.197. The fraction of sp³-hybridized carbons (Fsp3) is 0.462. The third kappa shape index (κ3) is 2.92. The Morgan fingerprint density at radius 3 is 3.06 bits per heavy atom. The lowest BCUT2D eigenvalue weighted by molar-refractivity contribution is 0.0697. The van der Waals surface area contributed by atoms with Gasteiger partial charge in [0.05, 0.1) is 24.5 Å². The number of carbonyl (C=O) groups is 1. The van der Waals surface area contributed by atoms with Crippen LogP contribution in [0, 0.1) is 0 Å². The summed E-state index contributed by atoms with van der Waals surface area (Å²) in [7, 11) is 1.56. The summed E-state index contributed by atoms with van der Waals surface area (Å²) in [5, 5.41) is 12.1. The van der Waals surface area contributed by atoms with Crippen LogP contribution < -0.4 is 10.1 Å². The van der Waals surface area contributed by atoms with Gasteiger partial charge in [0, 0.05) is 13.2 Å². The fourth-order valence-corrected chi connectivity index (χ4v) is 2.01. The smallest absolute Gasteiger partial charge is 0.335 e. The average Bonchev–Trinajstić information content (AvgIpc) is 2.89. The second-order valence-electron chi connectivity index (χ2n) is 4.24. The van der Waals surface area contributed by atoms with Gasteiger partial charge in [0.1, 0.15) is 5.75 Å². The maximum absolute atomic E-state index is 10.9. The van der Waals surface area contributed by atoms with E-state index in [-0.39, 0.29) is 11.7 Å². The molecule has 1 aromatic carbocycles. The first-order valence-electron chi connectivity index (χ1n) is 5.97. The van der Waals surface area contributed by atoms with Gasteiger partial charge in [-0.1, -0.05) is 0 Å². The van der Waals surface area contributed by atoms with E-state index in [9.17, 15) is 4.79 Å². The van der Waals surface area contributed by atoms with E-state index in [2.05, 4.69) is 5.32 Å². The average molecular weight is 251 g/mol. The molecule has 1 heterocycles. The fourth-order valence-electron chi connectivity index (χ4n) is 2.01. The SMILES string of the molecule is COc1ccc(C(=O)O)cc1NCC1CCCO1. The zero-order valence-electron chi connectivity index (χ0n) is 10.3. The van der Waals surface area contributed by atoms with E-state index in [1.54, 1.807) is 19.2 Å². The Labute approximate surface area is 106 Å². The van der Waals surface area contributed by atoms with Crippen molar-refractivity contribution in [2.24, 2.45) is 0 Å². The number of methoxy groups -OCH3 is 1. The van der Waals surface area contributed by atoms with Gasteiger partial charge in [0.15, 0.2) is 0 Å². The molecular formula is C13H17NO4. The predicted octanol–water partition coefficient (Wildman–Crippen LogP) is 1.98. The molecule has 5 nitrogen and oxygen atoms in total. The van der Waals surface area contributed by atoms with E-state index in [4.69, 9.17) is 14.6 Å². The lowest BCUT2D eigenvalue weighted by atomic mass is 10.1. The molecule has 1 aromatic rings. The van der Waals surface area contributed by atoms with Gasteiger partial charge in [0.25, 0.3) is 0 Å². The molecule has 2 N–H and O–H groups in total. The summed E-state index contributed by atoms with van der Waals surface area (Å²) >= 11 is 0. The molecule has 0 amide bonds. The molecule has 0 aliphatic carbocycles. The van der Waals surface area contributed by atoms with Crippen LogP contribution in [0.25, 0.3) is 0 Å². The first kappa shape index (κ1) is 12.7. The molecule has 1 fully saturated rings. The van der Waals surface area contributed by atoms with Crippen molar-refractivity contribution in [2.75, 3.05) is 25.6 Å². The van der Waals surface area contributed by atoms with Crippen molar-refractivity contribution in [2.45, 2.75) is 18.9 Å². The Bertz CT molecular complexity index is 427. The molecule has 18 heavy (non-hydrogen) atoms. The molecule has 1 aliphatic heterocycles. The van der Waals surface area contributed by atoms with Gasteiger partial charge in [-0.15, -0.1) is 0 Å². The van der Waals surface area contributed by atoms with Crippen molar-refractivity contribution < 1.29 is 19.4 Å². The molecule has 5 heteroatoms. The number of hydrogen-bond acceptors (Lipinski definition) is 4. The highest BCUT2D eigenvalue weighted by Gasteiger charge is 2.16. The molecule has 1 saturated heterocycles. The summed E-state index contributed by atoms with van der Waals surface area (Å²) in [4.78, 5) is 10.9. The number of anilines is 1. The van der Waals surface area contributed by atoms with Gasteiger partial charge in [0.2, 0.25) is 0 Å². The van der Waals surface area contributed by atoms with Crippen LogP contribution in [0.2, 0.25) is 0 Å². The van der Waals surface area contributed by atoms with E-state index < -0.39 is 5.97 Å². The Balaban J connectivity index is 2.08. The van der Waals surface area contributed by atoms with Gasteiger partial charge < -0.3 is 19.9 Å². The second-order valence-corrected chi connectivity index (χ2v) is 4.24. The van der Waals surface area contributed by atoms with Gasteiger partial charge in [-0.25, -0.2) is 4.79 Å². The number of carboxylic acid groups (broad SMARTS) is 1. The number of hydrogen-bond donors (Lipinski definition) is 2. The zero-order valence-corrected chi connectivity index (χ0v) is 10.3. The third-order valence-corrected chi connectivity index (χ3v) is 2.99. The summed E-state index contributed by atoms with van der Waals surface area (Å²) in [6, 6.07) is 4.76. The highest BCUT2D eigenvalue weighted by atomic mass is 16.5. The van der Waals surface area contributed by atoms with Crippen LogP contribution in [0.5, 0.6) is 5.75 Å². The van der Waals surface area contributed by atoms with Gasteiger partial charge in [-0.2, -0.15) is 0 Å². The number of ether oxygens (including phenoxy) is 2. The molecular weight excluding hydrogens is 234 g/mol. The topological polar surface area (TPSA) is 67.8 Å². The number of rotatable bonds is 5. The van der Waals surface area contributed by atoms with Crippen molar-refractivity contribution in [3.05, 3.63) is 23.8 Å². The second kappa shape index (κ2) is 5.73. The maximum Gasteiger partial charge on any atom is 0.335 e. The summed E-state index contributed by atoms with van der Waals surface area (Å²) in [5.74, 6) is -0.309. The Morgan fingerprint density at radius 1 is 1.61 bits per heavy atom. The van der Waals surface area contributed by atoms with Crippen LogP contribution >= 0.6 is 0 Å². The molecule has 1 unspecified atom stereocenters. The van der Waals surface area contributed by atoms with Crippen molar-refractivity contribution in [1.29, 1.82) is 0 Å². The summed E-state index contributed by atoms with van der Waals surface area (Å²) in [6.07, 6.45) is 2.32. The molecule has 2 rings (SSSR count). The quantitative estimate of drug-likeness (QED) is 0.837. The minimum atomic E-state index is -0.946. The third-order valence-electron chi connectivity index (χ3n) is 2.99. The van der Waals surface area contributed by atoms with Crippen LogP contribution in [-0.4, -0.2) is 37.4 Å². The first-order chi connectivity index (χ1) is 8.70. The Kier molecular flexibility index (Phi) is 4.04. The molecule has 0 spiro atoms. The summed E-state index contributed by atoms with van der Waals surface area (Å²) in [6.45, 7) is 1.47. The Hall–Kier alpha value is -1.75. The first-order valence-corrected chi connectivity index (χ1v) is 5.97. The monoisotopic (exact) mass is 251 g/mol. The molecule has 0 radical (unpaired) electrons. The van der Waals surface area contributed by atoms with E-state index >= 15 is 0 Å². The van der Waals surface area contributed by atoms with E-state index in [1.807, 2.05) is 0 Å². The van der Waals surface area contributed by atoms with Crippen molar-refractivity contribution in [1.82, 2.24) is 0 Å². The largest absolute Gasteiger partial charge is 0.495 e. The molecule has 0 saturated carbocycles. The maximum atomic E-state index is 10.9. The van der Waals surface area contributed by atoms with Crippen LogP contribution in [0.15, 0.2) is 18.2 Å². The van der Waals surface area contributed by atoms with Crippen LogP contribution in [-0.2, 0) is 4.74 Å². The van der Waals surface area contributed by atoms with E-state index in [0.717, 1.165) is 19.4 Å². The molecule has 98 valence electrons. The van der Waals surface area contributed by atoms with E-state index in [1.165, 1.54) is 6.07 Å². The number of benzene rings is 1. The molecule has 1 aliphatic rings. The lowest BCUT2D eigenvalue weighted by Crippen LogP contribution is -2.18. The van der Waals surface area contributed by atoms with Gasteiger partial charge in [-0.05, 0) is 31.0 Å². The van der Waals surface area contributed by atoms with Gasteiger partial charge in [-0.3, -0.25) is 0 Å². The van der Waals surface area contributed by atoms with Crippen LogP contribution in [0.3, 0.4) is 0 Å². The Morgan fingerprint density at radius 2 is 2.44 bits per heavy atom. The molecule has 0 aromatic heterocycles. The number of aromatic carboxylic acids is 1. The lowest BCUT2D eigenvalue weighted by Gasteiger charge is -2.15. The predicted molar refractivity (Wildman–Crippen MR) is 67.4 cm³/mol. The van der Waals surface area contributed by atoms with Crippen LogP contribution in [0.1, 0.15) is 23.2 Å². The van der Waals surface area contributed by atoms with Gasteiger partial charge >= 0.3 is 5.97 Å². The molecule has 0 bridgehead atoms. The highest BCUT2D eigenvalue weighted by Crippen LogP contribution is 2.26. The number of carboxylic acids is 1. The standard InChI is InChI=1S/C13H17NO4/c1-17-12-5-4-9(13(15)16)7-11(12)14-8-10-3-2-6-18-10/h4-5,7,10,14H,2-3,6,8H2,1H3,(H,15,16).